The second kappa shape index (κ2) is 5.70. The Hall–Kier alpha value is -0.790. The molecule has 17 heavy (non-hydrogen) atoms. The van der Waals surface area contributed by atoms with Crippen molar-refractivity contribution in [2.24, 2.45) is 17.3 Å². The smallest absolute Gasteiger partial charge is 0.223 e. The van der Waals surface area contributed by atoms with Gasteiger partial charge in [0.05, 0.1) is 0 Å². The average molecular weight is 237 g/mol. The second-order valence-corrected chi connectivity index (χ2v) is 6.37. The van der Waals surface area contributed by atoms with Crippen molar-refractivity contribution in [1.29, 1.82) is 0 Å². The number of allylic oxidation sites excluding steroid dienone is 2. The predicted molar refractivity (Wildman–Crippen MR) is 72.7 cm³/mol. The van der Waals surface area contributed by atoms with E-state index in [-0.39, 0.29) is 17.2 Å². The highest BCUT2D eigenvalue weighted by atomic mass is 16.2. The van der Waals surface area contributed by atoms with E-state index in [1.165, 1.54) is 5.57 Å². The van der Waals surface area contributed by atoms with Crippen LogP contribution in [0.3, 0.4) is 0 Å². The third-order valence-electron chi connectivity index (χ3n) is 3.62. The van der Waals surface area contributed by atoms with Crippen molar-refractivity contribution in [1.82, 2.24) is 5.32 Å². The minimum absolute atomic E-state index is 0.256. The molecule has 0 spiro atoms. The number of hydrogen-bond acceptors (Lipinski definition) is 1. The van der Waals surface area contributed by atoms with E-state index in [1.807, 2.05) is 0 Å². The molecule has 1 fully saturated rings. The lowest BCUT2D eigenvalue weighted by Crippen LogP contribution is -2.30. The molecule has 1 aliphatic carbocycles. The van der Waals surface area contributed by atoms with Gasteiger partial charge in [0.15, 0.2) is 0 Å². The van der Waals surface area contributed by atoms with Crippen LogP contribution in [0.1, 0.15) is 53.9 Å². The molecule has 0 radical (unpaired) electrons. The van der Waals surface area contributed by atoms with E-state index in [0.29, 0.717) is 5.92 Å². The number of amides is 1. The van der Waals surface area contributed by atoms with E-state index in [9.17, 15) is 4.79 Å². The lowest BCUT2D eigenvalue weighted by atomic mass is 9.98. The van der Waals surface area contributed by atoms with Gasteiger partial charge in [0.2, 0.25) is 5.91 Å². The van der Waals surface area contributed by atoms with Gasteiger partial charge in [-0.1, -0.05) is 32.4 Å². The van der Waals surface area contributed by atoms with Crippen LogP contribution < -0.4 is 5.32 Å². The van der Waals surface area contributed by atoms with Crippen LogP contribution in [-0.4, -0.2) is 12.5 Å². The van der Waals surface area contributed by atoms with Gasteiger partial charge < -0.3 is 5.32 Å². The van der Waals surface area contributed by atoms with Gasteiger partial charge in [0.1, 0.15) is 0 Å². The first-order valence-electron chi connectivity index (χ1n) is 6.76. The quantitative estimate of drug-likeness (QED) is 0.703. The summed E-state index contributed by atoms with van der Waals surface area (Å²) >= 11 is 0. The number of nitrogens with one attached hydrogen (secondary N) is 1. The Morgan fingerprint density at radius 2 is 2.12 bits per heavy atom. The molecule has 0 saturated heterocycles. The van der Waals surface area contributed by atoms with Crippen LogP contribution in [0.4, 0.5) is 0 Å². The summed E-state index contributed by atoms with van der Waals surface area (Å²) in [5.41, 5.74) is 1.63. The Morgan fingerprint density at radius 1 is 1.47 bits per heavy atom. The van der Waals surface area contributed by atoms with E-state index >= 15 is 0 Å². The largest absolute Gasteiger partial charge is 0.356 e. The fraction of sp³-hybridized carbons (Fsp3) is 0.800. The van der Waals surface area contributed by atoms with Gasteiger partial charge in [-0.05, 0) is 44.4 Å². The molecular formula is C15H27NO. The van der Waals surface area contributed by atoms with E-state index in [0.717, 1.165) is 25.8 Å². The standard InChI is InChI=1S/C15H27NO/c1-11(2)7-6-8-15(5)9-13(15)14(17)16-10-12(3)4/h7,12-13H,6,8-10H2,1-5H3,(H,16,17). The Kier molecular flexibility index (Phi) is 4.79. The van der Waals surface area contributed by atoms with Crippen LogP contribution in [0.2, 0.25) is 0 Å². The first-order chi connectivity index (χ1) is 7.85. The zero-order chi connectivity index (χ0) is 13.1. The van der Waals surface area contributed by atoms with Crippen LogP contribution >= 0.6 is 0 Å². The average Bonchev–Trinajstić information content (AvgIpc) is 2.86. The molecule has 1 rings (SSSR count). The first-order valence-corrected chi connectivity index (χ1v) is 6.76. The van der Waals surface area contributed by atoms with Gasteiger partial charge in [0, 0.05) is 12.5 Å². The van der Waals surface area contributed by atoms with E-state index in [1.54, 1.807) is 0 Å². The molecule has 0 bridgehead atoms. The summed E-state index contributed by atoms with van der Waals surface area (Å²) < 4.78 is 0. The summed E-state index contributed by atoms with van der Waals surface area (Å²) in [6.07, 6.45) is 5.57. The Balaban J connectivity index is 2.30. The molecule has 1 N–H and O–H groups in total. The molecule has 98 valence electrons. The molecule has 0 aromatic rings. The second-order valence-electron chi connectivity index (χ2n) is 6.37. The molecule has 2 atom stereocenters. The number of rotatable bonds is 6. The molecule has 1 saturated carbocycles. The summed E-state index contributed by atoms with van der Waals surface area (Å²) in [6.45, 7) is 11.6. The molecule has 0 aromatic heterocycles. The van der Waals surface area contributed by atoms with Crippen molar-refractivity contribution in [2.45, 2.75) is 53.9 Å². The Morgan fingerprint density at radius 3 is 2.65 bits per heavy atom. The molecule has 1 aliphatic rings. The lowest BCUT2D eigenvalue weighted by molar-refractivity contribution is -0.123. The Bertz CT molecular complexity index is 302. The predicted octanol–water partition coefficient (Wildman–Crippen LogP) is 3.53. The van der Waals surface area contributed by atoms with Gasteiger partial charge >= 0.3 is 0 Å². The fourth-order valence-corrected chi connectivity index (χ4v) is 2.21. The van der Waals surface area contributed by atoms with Crippen LogP contribution in [-0.2, 0) is 4.79 Å². The molecule has 1 amide bonds. The van der Waals surface area contributed by atoms with Gasteiger partial charge in [-0.25, -0.2) is 0 Å². The molecule has 0 aromatic carbocycles. The number of carbonyl (C=O) groups is 1. The highest BCUT2D eigenvalue weighted by Gasteiger charge is 2.53. The molecule has 2 nitrogen and oxygen atoms in total. The SMILES string of the molecule is CC(C)=CCCC1(C)CC1C(=O)NCC(C)C. The van der Waals surface area contributed by atoms with Crippen LogP contribution in [0.5, 0.6) is 0 Å². The van der Waals surface area contributed by atoms with E-state index < -0.39 is 0 Å². The molecule has 0 heterocycles. The van der Waals surface area contributed by atoms with Crippen molar-refractivity contribution in [3.05, 3.63) is 11.6 Å². The summed E-state index contributed by atoms with van der Waals surface area (Å²) in [5, 5.41) is 3.04. The molecular weight excluding hydrogens is 210 g/mol. The maximum atomic E-state index is 11.9. The maximum Gasteiger partial charge on any atom is 0.223 e. The number of carbonyl (C=O) groups excluding carboxylic acids is 1. The molecule has 0 aliphatic heterocycles. The van der Waals surface area contributed by atoms with Crippen molar-refractivity contribution in [2.75, 3.05) is 6.54 Å². The van der Waals surface area contributed by atoms with Crippen LogP contribution in [0.15, 0.2) is 11.6 Å². The summed E-state index contributed by atoms with van der Waals surface area (Å²) in [6, 6.07) is 0. The van der Waals surface area contributed by atoms with Crippen LogP contribution in [0, 0.1) is 17.3 Å². The highest BCUT2D eigenvalue weighted by Crippen LogP contribution is 2.55. The molecule has 2 unspecified atom stereocenters. The van der Waals surface area contributed by atoms with Gasteiger partial charge in [-0.3, -0.25) is 4.79 Å². The summed E-state index contributed by atoms with van der Waals surface area (Å²) in [5.74, 6) is 1.06. The maximum absolute atomic E-state index is 11.9. The minimum Gasteiger partial charge on any atom is -0.356 e. The monoisotopic (exact) mass is 237 g/mol. The van der Waals surface area contributed by atoms with Crippen LogP contribution in [0.25, 0.3) is 0 Å². The van der Waals surface area contributed by atoms with Crippen molar-refractivity contribution in [3.63, 3.8) is 0 Å². The van der Waals surface area contributed by atoms with E-state index in [4.69, 9.17) is 0 Å². The first kappa shape index (κ1) is 14.3. The number of hydrogen-bond donors (Lipinski definition) is 1. The normalized spacial score (nSPS) is 26.8. The van der Waals surface area contributed by atoms with E-state index in [2.05, 4.69) is 46.0 Å². The fourth-order valence-electron chi connectivity index (χ4n) is 2.21. The van der Waals surface area contributed by atoms with Crippen molar-refractivity contribution >= 4 is 5.91 Å². The summed E-state index contributed by atoms with van der Waals surface area (Å²) in [4.78, 5) is 11.9. The third kappa shape index (κ3) is 4.53. The summed E-state index contributed by atoms with van der Waals surface area (Å²) in [7, 11) is 0. The topological polar surface area (TPSA) is 29.1 Å². The van der Waals surface area contributed by atoms with Gasteiger partial charge in [-0.15, -0.1) is 0 Å². The van der Waals surface area contributed by atoms with Gasteiger partial charge in [0.25, 0.3) is 0 Å². The third-order valence-corrected chi connectivity index (χ3v) is 3.62. The zero-order valence-corrected chi connectivity index (χ0v) is 12.0. The highest BCUT2D eigenvalue weighted by molar-refractivity contribution is 5.82. The minimum atomic E-state index is 0.256. The molecule has 2 heteroatoms. The Labute approximate surface area is 106 Å². The lowest BCUT2D eigenvalue weighted by Gasteiger charge is -2.11. The van der Waals surface area contributed by atoms with Crippen molar-refractivity contribution < 1.29 is 4.79 Å². The van der Waals surface area contributed by atoms with Crippen molar-refractivity contribution in [3.8, 4) is 0 Å². The van der Waals surface area contributed by atoms with Gasteiger partial charge in [-0.2, -0.15) is 0 Å². The zero-order valence-electron chi connectivity index (χ0n) is 12.0.